The van der Waals surface area contributed by atoms with Crippen molar-refractivity contribution in [1.82, 2.24) is 10.2 Å². The molecular weight excluding hydrogens is 163 g/mol. The van der Waals surface area contributed by atoms with E-state index >= 15 is 0 Å². The summed E-state index contributed by atoms with van der Waals surface area (Å²) in [7, 11) is 0. The number of hydrogen-bond donors (Lipinski definition) is 2. The molecule has 0 bridgehead atoms. The molecule has 1 aromatic heterocycles. The van der Waals surface area contributed by atoms with Gasteiger partial charge in [-0.25, -0.2) is 0 Å². The van der Waals surface area contributed by atoms with Gasteiger partial charge in [0.1, 0.15) is 0 Å². The van der Waals surface area contributed by atoms with Crippen LogP contribution in [-0.4, -0.2) is 24.7 Å². The molecule has 0 spiro atoms. The van der Waals surface area contributed by atoms with Gasteiger partial charge >= 0.3 is 43.2 Å². The van der Waals surface area contributed by atoms with E-state index in [0.717, 1.165) is 0 Å². The zero-order valence-electron chi connectivity index (χ0n) is 3.22. The molecule has 0 unspecified atom stereocenters. The molecule has 2 N–H and O–H groups in total. The molecule has 0 amide bonds. The molecule has 1 heterocycles. The monoisotopic (exact) mass is 166 g/mol. The quantitative estimate of drug-likeness (QED) is 0.442. The van der Waals surface area contributed by atoms with Gasteiger partial charge in [-0.3, -0.25) is 0 Å². The summed E-state index contributed by atoms with van der Waals surface area (Å²) >= 11 is -0.514. The number of H-pyrrole nitrogens is 2. The molecule has 1 aromatic rings. The van der Waals surface area contributed by atoms with Crippen molar-refractivity contribution in [3.05, 3.63) is 18.5 Å². The van der Waals surface area contributed by atoms with E-state index in [9.17, 15) is 9.59 Å². The Morgan fingerprint density at radius 2 is 1.57 bits per heavy atom. The van der Waals surface area contributed by atoms with Crippen LogP contribution in [0.25, 0.3) is 0 Å². The Bertz CT molecular complexity index is 218. The minimum atomic E-state index is -0.514. The number of nitrogens with one attached hydrogen (secondary N) is 2. The van der Waals surface area contributed by atoms with Crippen molar-refractivity contribution in [3.8, 4) is 0 Å². The summed E-state index contributed by atoms with van der Waals surface area (Å²) in [4.78, 5) is 20.2. The number of aromatic amines is 2. The van der Waals surface area contributed by atoms with Gasteiger partial charge in [-0.1, -0.05) is 0 Å². The molecule has 0 fully saturated rings. The van der Waals surface area contributed by atoms with Gasteiger partial charge in [-0.2, -0.15) is 0 Å². The van der Waals surface area contributed by atoms with Gasteiger partial charge in [0.15, 0.2) is 0 Å². The van der Waals surface area contributed by atoms with E-state index in [-0.39, 0.29) is 8.87 Å². The maximum atomic E-state index is 10.1. The molecule has 38 valence electrons. The molecule has 0 saturated heterocycles. The molecule has 0 aromatic carbocycles. The molecule has 0 aliphatic carbocycles. The molecule has 4 nitrogen and oxygen atoms in total. The summed E-state index contributed by atoms with van der Waals surface area (Å²) in [6, 6.07) is 0. The standard InChI is InChI=1S/C2H2N2O2Se/c5-1-3-4-2(6)7-1/h(H,3,5)(H,4,6). The van der Waals surface area contributed by atoms with Crippen molar-refractivity contribution in [2.75, 3.05) is 0 Å². The molecule has 5 heteroatoms. The van der Waals surface area contributed by atoms with Gasteiger partial charge in [0.2, 0.25) is 0 Å². The third-order valence-corrected chi connectivity index (χ3v) is 1.66. The predicted molar refractivity (Wildman–Crippen MR) is 24.6 cm³/mol. The van der Waals surface area contributed by atoms with E-state index in [2.05, 4.69) is 10.2 Å². The van der Waals surface area contributed by atoms with Crippen molar-refractivity contribution in [2.24, 2.45) is 0 Å². The fourth-order valence-electron chi connectivity index (χ4n) is 0.237. The van der Waals surface area contributed by atoms with Gasteiger partial charge < -0.3 is 0 Å². The maximum absolute atomic E-state index is 10.1. The molecular formula is C2H2N2O2Se. The summed E-state index contributed by atoms with van der Waals surface area (Å²) < 4.78 is -0.394. The Labute approximate surface area is 43.9 Å². The first-order chi connectivity index (χ1) is 3.29. The Kier molecular flexibility index (Phi) is 1.00. The average Bonchev–Trinajstić information content (AvgIpc) is 1.87. The van der Waals surface area contributed by atoms with E-state index < -0.39 is 14.5 Å². The van der Waals surface area contributed by atoms with Crippen LogP contribution in [0.5, 0.6) is 0 Å². The second-order valence-corrected chi connectivity index (χ2v) is 2.91. The topological polar surface area (TPSA) is 65.7 Å². The fraction of sp³-hybridized carbons (Fsp3) is 0. The van der Waals surface area contributed by atoms with Crippen LogP contribution < -0.4 is 8.87 Å². The van der Waals surface area contributed by atoms with Gasteiger partial charge in [-0.15, -0.1) is 0 Å². The molecule has 7 heavy (non-hydrogen) atoms. The molecule has 0 radical (unpaired) electrons. The van der Waals surface area contributed by atoms with Gasteiger partial charge in [0.05, 0.1) is 0 Å². The minimum absolute atomic E-state index is 0.197. The Balaban J connectivity index is 3.59. The van der Waals surface area contributed by atoms with Crippen LogP contribution >= 0.6 is 0 Å². The van der Waals surface area contributed by atoms with Crippen LogP contribution in [0.4, 0.5) is 0 Å². The third-order valence-electron chi connectivity index (χ3n) is 0.452. The van der Waals surface area contributed by atoms with Crippen molar-refractivity contribution in [3.63, 3.8) is 0 Å². The van der Waals surface area contributed by atoms with E-state index in [4.69, 9.17) is 0 Å². The van der Waals surface area contributed by atoms with Crippen LogP contribution in [0.2, 0.25) is 0 Å². The van der Waals surface area contributed by atoms with Crippen LogP contribution in [0, 0.1) is 0 Å². The zero-order valence-corrected chi connectivity index (χ0v) is 4.94. The second-order valence-electron chi connectivity index (χ2n) is 0.927. The Hall–Kier alpha value is -0.541. The van der Waals surface area contributed by atoms with E-state index in [1.165, 1.54) is 0 Å². The first kappa shape index (κ1) is 4.61. The molecule has 0 aliphatic heterocycles. The van der Waals surface area contributed by atoms with Gasteiger partial charge in [0.25, 0.3) is 0 Å². The Morgan fingerprint density at radius 1 is 1.14 bits per heavy atom. The normalized spacial score (nSPS) is 9.14. The summed E-state index contributed by atoms with van der Waals surface area (Å²) in [5.74, 6) is 0. The zero-order chi connectivity index (χ0) is 5.28. The summed E-state index contributed by atoms with van der Waals surface area (Å²) in [5, 5.41) is 4.32. The van der Waals surface area contributed by atoms with E-state index in [1.54, 1.807) is 0 Å². The number of rotatable bonds is 0. The Morgan fingerprint density at radius 3 is 1.71 bits per heavy atom. The molecule has 1 rings (SSSR count). The van der Waals surface area contributed by atoms with Crippen molar-refractivity contribution in [1.29, 1.82) is 0 Å². The van der Waals surface area contributed by atoms with Gasteiger partial charge in [-0.05, 0) is 0 Å². The third kappa shape index (κ3) is 0.913. The fourth-order valence-corrected chi connectivity index (χ4v) is 1.02. The molecule has 0 aliphatic rings. The average molecular weight is 165 g/mol. The second kappa shape index (κ2) is 1.52. The molecule has 0 atom stereocenters. The van der Waals surface area contributed by atoms with Crippen LogP contribution in [0.15, 0.2) is 9.59 Å². The van der Waals surface area contributed by atoms with Crippen molar-refractivity contribution in [2.45, 2.75) is 0 Å². The molecule has 0 saturated carbocycles. The summed E-state index contributed by atoms with van der Waals surface area (Å²) in [6.07, 6.45) is 0. The SMILES string of the molecule is O=c1[nH][nH]c(=O)[se]1. The first-order valence-corrected chi connectivity index (χ1v) is 3.28. The number of aromatic nitrogens is 2. The van der Waals surface area contributed by atoms with Crippen LogP contribution in [0.1, 0.15) is 0 Å². The first-order valence-electron chi connectivity index (χ1n) is 1.57. The van der Waals surface area contributed by atoms with Crippen LogP contribution in [0.3, 0.4) is 0 Å². The van der Waals surface area contributed by atoms with Gasteiger partial charge in [0, 0.05) is 0 Å². The summed E-state index contributed by atoms with van der Waals surface area (Å²) in [5.41, 5.74) is 0. The van der Waals surface area contributed by atoms with E-state index in [1.807, 2.05) is 0 Å². The van der Waals surface area contributed by atoms with Crippen LogP contribution in [-0.2, 0) is 0 Å². The number of hydrogen-bond acceptors (Lipinski definition) is 2. The van der Waals surface area contributed by atoms with Crippen molar-refractivity contribution >= 4 is 14.5 Å². The summed E-state index contributed by atoms with van der Waals surface area (Å²) in [6.45, 7) is 0. The van der Waals surface area contributed by atoms with Crippen molar-refractivity contribution < 1.29 is 0 Å². The van der Waals surface area contributed by atoms with E-state index in [0.29, 0.717) is 0 Å². The predicted octanol–water partition coefficient (Wildman–Crippen LogP) is -1.88.